The number of aromatic carboxylic acids is 1. The molecule has 0 bridgehead atoms. The summed E-state index contributed by atoms with van der Waals surface area (Å²) in [4.78, 5) is 22.6. The van der Waals surface area contributed by atoms with Crippen molar-refractivity contribution >= 4 is 17.7 Å². The van der Waals surface area contributed by atoms with E-state index < -0.39 is 5.97 Å². The molecule has 0 aliphatic rings. The lowest BCUT2D eigenvalue weighted by molar-refractivity contribution is 0.0696. The third-order valence-electron chi connectivity index (χ3n) is 2.79. The SMILES string of the molecule is CCNCCCNC(=O)Nc1ccc(C)c(C(=O)O)c1. The number of amides is 2. The molecule has 1 aromatic rings. The molecule has 0 aromatic heterocycles. The fourth-order valence-corrected chi connectivity index (χ4v) is 1.70. The molecule has 1 aromatic carbocycles. The van der Waals surface area contributed by atoms with Gasteiger partial charge in [0, 0.05) is 12.2 Å². The molecular formula is C14H21N3O3. The molecule has 0 radical (unpaired) electrons. The summed E-state index contributed by atoms with van der Waals surface area (Å²) in [7, 11) is 0. The van der Waals surface area contributed by atoms with E-state index in [0.717, 1.165) is 19.5 Å². The first kappa shape index (κ1) is 16.0. The van der Waals surface area contributed by atoms with Gasteiger partial charge in [-0.2, -0.15) is 0 Å². The number of carboxylic acids is 1. The number of aryl methyl sites for hydroxylation is 1. The van der Waals surface area contributed by atoms with E-state index in [0.29, 0.717) is 17.8 Å². The summed E-state index contributed by atoms with van der Waals surface area (Å²) in [6.07, 6.45) is 0.843. The number of hydrogen-bond donors (Lipinski definition) is 4. The maximum absolute atomic E-state index is 11.6. The van der Waals surface area contributed by atoms with Gasteiger partial charge < -0.3 is 21.1 Å². The summed E-state index contributed by atoms with van der Waals surface area (Å²) in [5.41, 5.74) is 1.32. The van der Waals surface area contributed by atoms with Gasteiger partial charge in [-0.1, -0.05) is 13.0 Å². The van der Waals surface area contributed by atoms with Gasteiger partial charge >= 0.3 is 12.0 Å². The molecule has 0 heterocycles. The molecule has 2 amide bonds. The first-order valence-electron chi connectivity index (χ1n) is 6.64. The Bertz CT molecular complexity index is 475. The number of carboxylic acid groups (broad SMARTS) is 1. The molecule has 0 atom stereocenters. The number of rotatable bonds is 7. The van der Waals surface area contributed by atoms with Gasteiger partial charge in [-0.05, 0) is 44.1 Å². The van der Waals surface area contributed by atoms with Crippen LogP contribution in [0.2, 0.25) is 0 Å². The van der Waals surface area contributed by atoms with Crippen LogP contribution < -0.4 is 16.0 Å². The summed E-state index contributed by atoms with van der Waals surface area (Å²) < 4.78 is 0. The highest BCUT2D eigenvalue weighted by molar-refractivity contribution is 5.94. The second kappa shape index (κ2) is 8.16. The predicted molar refractivity (Wildman–Crippen MR) is 78.3 cm³/mol. The van der Waals surface area contributed by atoms with Crippen molar-refractivity contribution in [3.05, 3.63) is 29.3 Å². The highest BCUT2D eigenvalue weighted by Gasteiger charge is 2.09. The van der Waals surface area contributed by atoms with E-state index in [1.54, 1.807) is 19.1 Å². The van der Waals surface area contributed by atoms with Crippen molar-refractivity contribution < 1.29 is 14.7 Å². The van der Waals surface area contributed by atoms with Gasteiger partial charge in [0.1, 0.15) is 0 Å². The molecule has 0 saturated carbocycles. The standard InChI is InChI=1S/C14H21N3O3/c1-3-15-7-4-8-16-14(20)17-11-6-5-10(2)12(9-11)13(18)19/h5-6,9,15H,3-4,7-8H2,1-2H3,(H,18,19)(H2,16,17,20). The van der Waals surface area contributed by atoms with Crippen LogP contribution >= 0.6 is 0 Å². The van der Waals surface area contributed by atoms with E-state index in [9.17, 15) is 9.59 Å². The highest BCUT2D eigenvalue weighted by atomic mass is 16.4. The quantitative estimate of drug-likeness (QED) is 0.573. The van der Waals surface area contributed by atoms with Crippen LogP contribution in [0.4, 0.5) is 10.5 Å². The first-order valence-corrected chi connectivity index (χ1v) is 6.64. The Morgan fingerprint density at radius 3 is 2.65 bits per heavy atom. The van der Waals surface area contributed by atoms with Crippen molar-refractivity contribution in [2.24, 2.45) is 0 Å². The van der Waals surface area contributed by atoms with Crippen molar-refractivity contribution in [1.82, 2.24) is 10.6 Å². The Kier molecular flexibility index (Phi) is 6.52. The highest BCUT2D eigenvalue weighted by Crippen LogP contribution is 2.15. The Hall–Kier alpha value is -2.08. The lowest BCUT2D eigenvalue weighted by atomic mass is 10.1. The number of anilines is 1. The Morgan fingerprint density at radius 1 is 1.25 bits per heavy atom. The van der Waals surface area contributed by atoms with Gasteiger partial charge in [-0.25, -0.2) is 9.59 Å². The number of hydrogen-bond acceptors (Lipinski definition) is 3. The maximum atomic E-state index is 11.6. The predicted octanol–water partition coefficient (Wildman–Crippen LogP) is 1.81. The number of urea groups is 1. The lowest BCUT2D eigenvalue weighted by Crippen LogP contribution is -2.31. The topological polar surface area (TPSA) is 90.5 Å². The van der Waals surface area contributed by atoms with Crippen LogP contribution in [0, 0.1) is 6.92 Å². The maximum Gasteiger partial charge on any atom is 0.336 e. The van der Waals surface area contributed by atoms with Gasteiger partial charge in [-0.15, -0.1) is 0 Å². The molecule has 20 heavy (non-hydrogen) atoms. The minimum atomic E-state index is -1.00. The number of nitrogens with one attached hydrogen (secondary N) is 3. The van der Waals surface area contributed by atoms with Crippen LogP contribution in [0.3, 0.4) is 0 Å². The van der Waals surface area contributed by atoms with Gasteiger partial charge in [0.15, 0.2) is 0 Å². The van der Waals surface area contributed by atoms with E-state index in [2.05, 4.69) is 16.0 Å². The van der Waals surface area contributed by atoms with Crippen LogP contribution in [0.1, 0.15) is 29.3 Å². The van der Waals surface area contributed by atoms with Crippen LogP contribution in [-0.2, 0) is 0 Å². The van der Waals surface area contributed by atoms with Gasteiger partial charge in [0.2, 0.25) is 0 Å². The molecule has 6 nitrogen and oxygen atoms in total. The second-order valence-electron chi connectivity index (χ2n) is 4.42. The van der Waals surface area contributed by atoms with Crippen LogP contribution in [0.5, 0.6) is 0 Å². The minimum absolute atomic E-state index is 0.190. The van der Waals surface area contributed by atoms with Crippen molar-refractivity contribution in [3.8, 4) is 0 Å². The summed E-state index contributed by atoms with van der Waals surface area (Å²) in [6.45, 7) is 6.07. The average molecular weight is 279 g/mol. The van der Waals surface area contributed by atoms with Crippen LogP contribution in [-0.4, -0.2) is 36.7 Å². The van der Waals surface area contributed by atoms with E-state index in [4.69, 9.17) is 5.11 Å². The van der Waals surface area contributed by atoms with E-state index in [-0.39, 0.29) is 11.6 Å². The molecule has 0 aliphatic carbocycles. The summed E-state index contributed by atoms with van der Waals surface area (Å²) in [5, 5.41) is 17.5. The monoisotopic (exact) mass is 279 g/mol. The second-order valence-corrected chi connectivity index (χ2v) is 4.42. The Labute approximate surface area is 118 Å². The third kappa shape index (κ3) is 5.27. The fraction of sp³-hybridized carbons (Fsp3) is 0.429. The largest absolute Gasteiger partial charge is 0.478 e. The molecule has 0 saturated heterocycles. The van der Waals surface area contributed by atoms with Crippen LogP contribution in [0.15, 0.2) is 18.2 Å². The zero-order valence-electron chi connectivity index (χ0n) is 11.8. The van der Waals surface area contributed by atoms with Crippen molar-refractivity contribution in [3.63, 3.8) is 0 Å². The van der Waals surface area contributed by atoms with Gasteiger partial charge in [0.25, 0.3) is 0 Å². The van der Waals surface area contributed by atoms with Crippen molar-refractivity contribution in [2.75, 3.05) is 25.0 Å². The molecular weight excluding hydrogens is 258 g/mol. The Morgan fingerprint density at radius 2 is 2.00 bits per heavy atom. The van der Waals surface area contributed by atoms with Crippen LogP contribution in [0.25, 0.3) is 0 Å². The average Bonchev–Trinajstić information content (AvgIpc) is 2.40. The molecule has 4 N–H and O–H groups in total. The number of benzene rings is 1. The smallest absolute Gasteiger partial charge is 0.336 e. The van der Waals surface area contributed by atoms with Crippen molar-refractivity contribution in [2.45, 2.75) is 20.3 Å². The minimum Gasteiger partial charge on any atom is -0.478 e. The molecule has 0 unspecified atom stereocenters. The first-order chi connectivity index (χ1) is 9.54. The Balaban J connectivity index is 2.46. The third-order valence-corrected chi connectivity index (χ3v) is 2.79. The van der Waals surface area contributed by atoms with Gasteiger partial charge in [0.05, 0.1) is 5.56 Å². The lowest BCUT2D eigenvalue weighted by Gasteiger charge is -2.09. The summed E-state index contributed by atoms with van der Waals surface area (Å²) in [5.74, 6) is -1.00. The molecule has 0 fully saturated rings. The zero-order valence-corrected chi connectivity index (χ0v) is 11.8. The van der Waals surface area contributed by atoms with E-state index in [1.807, 2.05) is 6.92 Å². The number of carbonyl (C=O) groups is 2. The zero-order chi connectivity index (χ0) is 15.0. The van der Waals surface area contributed by atoms with Gasteiger partial charge in [-0.3, -0.25) is 0 Å². The van der Waals surface area contributed by atoms with E-state index in [1.165, 1.54) is 6.07 Å². The van der Waals surface area contributed by atoms with Crippen molar-refractivity contribution in [1.29, 1.82) is 0 Å². The molecule has 110 valence electrons. The normalized spacial score (nSPS) is 10.1. The summed E-state index contributed by atoms with van der Waals surface area (Å²) >= 11 is 0. The van der Waals surface area contributed by atoms with E-state index >= 15 is 0 Å². The fourth-order valence-electron chi connectivity index (χ4n) is 1.70. The molecule has 0 aliphatic heterocycles. The summed E-state index contributed by atoms with van der Waals surface area (Å²) in [6, 6.07) is 4.47. The molecule has 6 heteroatoms. The number of carbonyl (C=O) groups excluding carboxylic acids is 1. The molecule has 1 rings (SSSR count). The molecule has 0 spiro atoms.